The van der Waals surface area contributed by atoms with E-state index in [1.165, 1.54) is 4.90 Å². The highest BCUT2D eigenvalue weighted by atomic mass is 16.7. The maximum absolute atomic E-state index is 13.7. The van der Waals surface area contributed by atoms with Crippen LogP contribution >= 0.6 is 0 Å². The van der Waals surface area contributed by atoms with Crippen molar-refractivity contribution in [3.05, 3.63) is 83.9 Å². The van der Waals surface area contributed by atoms with Crippen LogP contribution in [0.15, 0.2) is 72.8 Å². The molecule has 2 fully saturated rings. The molecule has 0 bridgehead atoms. The Balaban J connectivity index is 1.36. The first-order chi connectivity index (χ1) is 19.0. The van der Waals surface area contributed by atoms with E-state index in [2.05, 4.69) is 6.92 Å². The Morgan fingerprint density at radius 2 is 1.62 bits per heavy atom. The topological polar surface area (TPSA) is 77.5 Å². The van der Waals surface area contributed by atoms with E-state index in [9.17, 15) is 9.59 Å². The smallest absolute Gasteiger partial charge is 0.265 e. The van der Waals surface area contributed by atoms with Crippen LogP contribution in [0, 0.1) is 5.92 Å². The molecule has 2 heterocycles. The highest BCUT2D eigenvalue weighted by Gasteiger charge is 2.59. The van der Waals surface area contributed by atoms with Crippen LogP contribution in [-0.2, 0) is 21.0 Å². The van der Waals surface area contributed by atoms with E-state index >= 15 is 0 Å². The monoisotopic (exact) mass is 530 g/mol. The molecule has 0 aromatic heterocycles. The van der Waals surface area contributed by atoms with Crippen molar-refractivity contribution < 1.29 is 28.6 Å². The Morgan fingerprint density at radius 3 is 2.33 bits per heavy atom. The zero-order valence-corrected chi connectivity index (χ0v) is 22.5. The number of nitrogens with zero attached hydrogens (tertiary/aromatic N) is 2. The second kappa shape index (κ2) is 11.9. The third kappa shape index (κ3) is 5.48. The molecule has 2 saturated heterocycles. The molecule has 2 amide bonds. The van der Waals surface area contributed by atoms with Crippen molar-refractivity contribution in [1.29, 1.82) is 0 Å². The quantitative estimate of drug-likeness (QED) is 0.245. The number of amides is 2. The zero-order chi connectivity index (χ0) is 27.4. The molecule has 39 heavy (non-hydrogen) atoms. The standard InChI is InChI=1S/C31H34N2O6/c1-4-6-18-37-24-15-13-23(14-16-24)33-30(34)27-28(32(3)39-29(27)31(33)35)22-12-17-25(26(19-22)36-5-2)38-20-21-10-8-7-9-11-21/h7-17,19,27-29H,4-6,18,20H2,1-3H3/t27-,28+,29+/m0/s1. The number of imide groups is 1. The number of hydrogen-bond donors (Lipinski definition) is 0. The summed E-state index contributed by atoms with van der Waals surface area (Å²) in [4.78, 5) is 34.2. The molecule has 0 saturated carbocycles. The highest BCUT2D eigenvalue weighted by Crippen LogP contribution is 2.46. The average molecular weight is 531 g/mol. The summed E-state index contributed by atoms with van der Waals surface area (Å²) in [5.74, 6) is 0.550. The number of hydrogen-bond acceptors (Lipinski definition) is 7. The molecule has 3 aromatic carbocycles. The number of carbonyl (C=O) groups is 2. The summed E-state index contributed by atoms with van der Waals surface area (Å²) in [6.07, 6.45) is 1.12. The predicted molar refractivity (Wildman–Crippen MR) is 147 cm³/mol. The van der Waals surface area contributed by atoms with E-state index in [4.69, 9.17) is 19.0 Å². The van der Waals surface area contributed by atoms with Gasteiger partial charge in [-0.3, -0.25) is 14.4 Å². The fourth-order valence-corrected chi connectivity index (χ4v) is 5.08. The lowest BCUT2D eigenvalue weighted by Crippen LogP contribution is -2.36. The van der Waals surface area contributed by atoms with E-state index in [0.29, 0.717) is 42.8 Å². The van der Waals surface area contributed by atoms with Gasteiger partial charge in [0, 0.05) is 7.05 Å². The fourth-order valence-electron chi connectivity index (χ4n) is 5.08. The molecule has 0 radical (unpaired) electrons. The first-order valence-corrected chi connectivity index (χ1v) is 13.5. The maximum atomic E-state index is 13.7. The Morgan fingerprint density at radius 1 is 0.846 bits per heavy atom. The van der Waals surface area contributed by atoms with Crippen molar-refractivity contribution in [2.75, 3.05) is 25.2 Å². The fraction of sp³-hybridized carbons (Fsp3) is 0.355. The number of fused-ring (bicyclic) bond motifs is 1. The van der Waals surface area contributed by atoms with E-state index in [1.54, 1.807) is 36.4 Å². The molecule has 0 N–H and O–H groups in total. The largest absolute Gasteiger partial charge is 0.494 e. The number of rotatable bonds is 11. The van der Waals surface area contributed by atoms with Crippen LogP contribution in [0.3, 0.4) is 0 Å². The molecule has 0 aliphatic carbocycles. The van der Waals surface area contributed by atoms with Crippen LogP contribution < -0.4 is 19.1 Å². The SMILES string of the molecule is CCCCOc1ccc(N2C(=O)[C@H]3[C@@H](c4ccc(OCc5ccccc5)c(OCC)c4)N(C)O[C@H]3C2=O)cc1. The van der Waals surface area contributed by atoms with Crippen molar-refractivity contribution >= 4 is 17.5 Å². The molecular formula is C31H34N2O6. The van der Waals surface area contributed by atoms with E-state index in [1.807, 2.05) is 55.5 Å². The maximum Gasteiger partial charge on any atom is 0.265 e. The van der Waals surface area contributed by atoms with Gasteiger partial charge in [-0.2, -0.15) is 5.06 Å². The normalized spacial score (nSPS) is 20.8. The lowest BCUT2D eigenvalue weighted by molar-refractivity contribution is -0.160. The molecule has 5 rings (SSSR count). The summed E-state index contributed by atoms with van der Waals surface area (Å²) in [5, 5.41) is 1.60. The minimum atomic E-state index is -0.891. The van der Waals surface area contributed by atoms with Crippen molar-refractivity contribution in [2.24, 2.45) is 5.92 Å². The van der Waals surface area contributed by atoms with Crippen LogP contribution in [0.2, 0.25) is 0 Å². The second-order valence-corrected chi connectivity index (χ2v) is 9.66. The van der Waals surface area contributed by atoms with Gasteiger partial charge in [0.1, 0.15) is 12.4 Å². The number of carbonyl (C=O) groups excluding carboxylic acids is 2. The summed E-state index contributed by atoms with van der Waals surface area (Å²) in [6, 6.07) is 22.1. The molecule has 8 nitrogen and oxygen atoms in total. The van der Waals surface area contributed by atoms with Gasteiger partial charge in [0.05, 0.1) is 30.9 Å². The lowest BCUT2D eigenvalue weighted by Gasteiger charge is -2.25. The molecule has 2 aliphatic heterocycles. The molecular weight excluding hydrogens is 496 g/mol. The molecule has 204 valence electrons. The number of ether oxygens (including phenoxy) is 3. The summed E-state index contributed by atoms with van der Waals surface area (Å²) >= 11 is 0. The molecule has 3 aromatic rings. The van der Waals surface area contributed by atoms with Gasteiger partial charge in [0.15, 0.2) is 17.6 Å². The summed E-state index contributed by atoms with van der Waals surface area (Å²) in [7, 11) is 1.75. The third-order valence-corrected chi connectivity index (χ3v) is 7.02. The predicted octanol–water partition coefficient (Wildman–Crippen LogP) is 5.32. The zero-order valence-electron chi connectivity index (χ0n) is 22.5. The summed E-state index contributed by atoms with van der Waals surface area (Å²) in [5.41, 5.74) is 2.36. The van der Waals surface area contributed by atoms with Crippen LogP contribution in [-0.4, -0.2) is 43.2 Å². The second-order valence-electron chi connectivity index (χ2n) is 9.66. The summed E-state index contributed by atoms with van der Waals surface area (Å²) in [6.45, 7) is 5.50. The van der Waals surface area contributed by atoms with Crippen LogP contribution in [0.4, 0.5) is 5.69 Å². The van der Waals surface area contributed by atoms with Gasteiger partial charge in [0.25, 0.3) is 5.91 Å². The minimum absolute atomic E-state index is 0.290. The number of unbranched alkanes of at least 4 members (excludes halogenated alkanes) is 1. The van der Waals surface area contributed by atoms with Gasteiger partial charge in [-0.05, 0) is 60.9 Å². The van der Waals surface area contributed by atoms with Crippen LogP contribution in [0.1, 0.15) is 43.9 Å². The van der Waals surface area contributed by atoms with Crippen molar-refractivity contribution in [1.82, 2.24) is 5.06 Å². The molecule has 0 unspecified atom stereocenters. The van der Waals surface area contributed by atoms with Gasteiger partial charge in [0.2, 0.25) is 5.91 Å². The third-order valence-electron chi connectivity index (χ3n) is 7.02. The van der Waals surface area contributed by atoms with Gasteiger partial charge < -0.3 is 14.2 Å². The van der Waals surface area contributed by atoms with Gasteiger partial charge in [-0.25, -0.2) is 4.90 Å². The first-order valence-electron chi connectivity index (χ1n) is 13.5. The highest BCUT2D eigenvalue weighted by molar-refractivity contribution is 6.23. The Labute approximate surface area is 229 Å². The first kappa shape index (κ1) is 26.7. The number of benzene rings is 3. The number of hydroxylamine groups is 2. The van der Waals surface area contributed by atoms with Crippen molar-refractivity contribution in [3.63, 3.8) is 0 Å². The average Bonchev–Trinajstić information content (AvgIpc) is 3.42. The number of anilines is 1. The molecule has 0 spiro atoms. The molecule has 2 aliphatic rings. The van der Waals surface area contributed by atoms with Crippen molar-refractivity contribution in [2.45, 2.75) is 45.4 Å². The lowest BCUT2D eigenvalue weighted by atomic mass is 9.91. The summed E-state index contributed by atoms with van der Waals surface area (Å²) < 4.78 is 17.7. The van der Waals surface area contributed by atoms with E-state index in [-0.39, 0.29) is 11.8 Å². The van der Waals surface area contributed by atoms with Crippen LogP contribution in [0.5, 0.6) is 17.2 Å². The Hall–Kier alpha value is -3.88. The van der Waals surface area contributed by atoms with E-state index in [0.717, 1.165) is 24.0 Å². The van der Waals surface area contributed by atoms with Gasteiger partial charge >= 0.3 is 0 Å². The molecule has 8 heteroatoms. The minimum Gasteiger partial charge on any atom is -0.494 e. The van der Waals surface area contributed by atoms with Crippen molar-refractivity contribution in [3.8, 4) is 17.2 Å². The van der Waals surface area contributed by atoms with Gasteiger partial charge in [-0.15, -0.1) is 0 Å². The van der Waals surface area contributed by atoms with Gasteiger partial charge in [-0.1, -0.05) is 49.7 Å². The molecule has 3 atom stereocenters. The Kier molecular flexibility index (Phi) is 8.14. The van der Waals surface area contributed by atoms with E-state index < -0.39 is 18.1 Å². The van der Waals surface area contributed by atoms with Crippen LogP contribution in [0.25, 0.3) is 0 Å². The Bertz CT molecular complexity index is 1300.